The molecule has 218 valence electrons. The molecule has 1 aliphatic heterocycles. The molecule has 1 saturated carbocycles. The van der Waals surface area contributed by atoms with Gasteiger partial charge in [0.25, 0.3) is 0 Å². The fourth-order valence-electron chi connectivity index (χ4n) is 5.73. The molecule has 3 atom stereocenters. The Morgan fingerprint density at radius 2 is 1.90 bits per heavy atom. The Kier molecular flexibility index (Phi) is 8.24. The number of carboxylic acids is 1. The van der Waals surface area contributed by atoms with Crippen molar-refractivity contribution in [2.75, 3.05) is 6.54 Å². The van der Waals surface area contributed by atoms with Gasteiger partial charge < -0.3 is 5.11 Å². The Balaban J connectivity index is 0.00000194. The van der Waals surface area contributed by atoms with Crippen molar-refractivity contribution in [2.24, 2.45) is 13.0 Å². The molecule has 4 aromatic rings. The third-order valence-electron chi connectivity index (χ3n) is 7.61. The van der Waals surface area contributed by atoms with Crippen LogP contribution >= 0.6 is 0 Å². The molecular weight excluding hydrogens is 540 g/mol. The van der Waals surface area contributed by atoms with Crippen LogP contribution in [0.15, 0.2) is 59.8 Å². The summed E-state index contributed by atoms with van der Waals surface area (Å²) in [6.07, 6.45) is 4.70. The van der Waals surface area contributed by atoms with E-state index in [1.165, 1.54) is 6.20 Å². The number of carbonyl (C=O) groups is 1. The highest BCUT2D eigenvalue weighted by molar-refractivity contribution is 7.89. The van der Waals surface area contributed by atoms with Gasteiger partial charge in [-0.1, -0.05) is 56.8 Å². The Bertz CT molecular complexity index is 1690. The van der Waals surface area contributed by atoms with Gasteiger partial charge in [0.15, 0.2) is 0 Å². The fraction of sp³-hybridized carbons (Fsp3) is 0.400. The molecule has 2 aromatic carbocycles. The highest BCUT2D eigenvalue weighted by atomic mass is 32.2. The van der Waals surface area contributed by atoms with E-state index in [-0.39, 0.29) is 44.7 Å². The molecule has 2 aromatic heterocycles. The van der Waals surface area contributed by atoms with Crippen LogP contribution in [0.4, 0.5) is 0 Å². The van der Waals surface area contributed by atoms with Crippen molar-refractivity contribution in [1.29, 1.82) is 0 Å². The molecule has 1 N–H and O–H groups in total. The number of nitrogens with zero attached hydrogens (tertiary/aromatic N) is 6. The first-order valence-corrected chi connectivity index (χ1v) is 14.4. The number of hydrogen-bond donors (Lipinski definition) is 1. The summed E-state index contributed by atoms with van der Waals surface area (Å²) in [5.41, 5.74) is 5.02. The molecule has 41 heavy (non-hydrogen) atoms. The Morgan fingerprint density at radius 3 is 2.61 bits per heavy atom. The highest BCUT2D eigenvalue weighted by Crippen LogP contribution is 2.55. The first-order chi connectivity index (χ1) is 18.6. The summed E-state index contributed by atoms with van der Waals surface area (Å²) in [6.45, 7) is 4.67. The van der Waals surface area contributed by atoms with Gasteiger partial charge in [0.2, 0.25) is 10.0 Å². The van der Waals surface area contributed by atoms with E-state index in [1.54, 1.807) is 26.8 Å². The quantitative estimate of drug-likeness (QED) is 0.344. The minimum absolute atomic E-state index is 0. The van der Waals surface area contributed by atoms with Crippen LogP contribution in [0.1, 0.15) is 78.5 Å². The van der Waals surface area contributed by atoms with Crippen LogP contribution in [0.5, 0.6) is 0 Å². The number of benzene rings is 2. The number of aromatic carboxylic acids is 1. The maximum Gasteiger partial charge on any atom is 0.339 e. The summed E-state index contributed by atoms with van der Waals surface area (Å²) < 4.78 is 32.2. The van der Waals surface area contributed by atoms with E-state index in [4.69, 9.17) is 0 Å². The van der Waals surface area contributed by atoms with Crippen molar-refractivity contribution in [3.63, 3.8) is 0 Å². The summed E-state index contributed by atoms with van der Waals surface area (Å²) in [4.78, 5) is 12.4. The van der Waals surface area contributed by atoms with Gasteiger partial charge in [-0.05, 0) is 55.0 Å². The molecule has 0 spiro atoms. The van der Waals surface area contributed by atoms with E-state index < -0.39 is 16.0 Å². The van der Waals surface area contributed by atoms with Gasteiger partial charge >= 0.3 is 5.97 Å². The van der Waals surface area contributed by atoms with Crippen molar-refractivity contribution < 1.29 is 18.3 Å². The lowest BCUT2D eigenvalue weighted by atomic mass is 9.99. The van der Waals surface area contributed by atoms with Crippen molar-refractivity contribution in [2.45, 2.75) is 64.8 Å². The normalized spacial score (nSPS) is 21.2. The second-order valence-corrected chi connectivity index (χ2v) is 12.7. The number of carboxylic acid groups (broad SMARTS) is 1. The first kappa shape index (κ1) is 30.1. The van der Waals surface area contributed by atoms with Crippen LogP contribution < -0.4 is 0 Å². The van der Waals surface area contributed by atoms with E-state index in [0.29, 0.717) is 29.2 Å². The second kappa shape index (κ2) is 11.2. The van der Waals surface area contributed by atoms with Crippen molar-refractivity contribution >= 4 is 16.0 Å². The van der Waals surface area contributed by atoms with Gasteiger partial charge in [-0.25, -0.2) is 17.9 Å². The van der Waals surface area contributed by atoms with Crippen molar-refractivity contribution in [1.82, 2.24) is 29.1 Å². The van der Waals surface area contributed by atoms with E-state index in [9.17, 15) is 18.3 Å². The summed E-state index contributed by atoms with van der Waals surface area (Å²) in [5, 5.41) is 22.6. The number of sulfonamides is 1. The lowest BCUT2D eigenvalue weighted by Crippen LogP contribution is -2.32. The largest absolute Gasteiger partial charge is 0.478 e. The van der Waals surface area contributed by atoms with E-state index in [1.807, 2.05) is 49.5 Å². The van der Waals surface area contributed by atoms with Crippen LogP contribution in [0.2, 0.25) is 0 Å². The maximum atomic E-state index is 13.7. The monoisotopic (exact) mass is 578 g/mol. The molecule has 1 fully saturated rings. The van der Waals surface area contributed by atoms with Crippen LogP contribution in [0.3, 0.4) is 0 Å². The molecule has 2 aliphatic rings. The SMILES string of the molecule is C.C.Cc1ccc2c(c1)C[C@H](C)CN(Cc1cccc(-n3ncc(C(=O)O)c3[C@@H]3C[C@H]3c3cn(C)nn3)c1)S2(=O)=O. The Hall–Kier alpha value is -3.83. The molecule has 3 heterocycles. The van der Waals surface area contributed by atoms with Crippen LogP contribution in [-0.4, -0.2) is 55.1 Å². The smallest absolute Gasteiger partial charge is 0.339 e. The second-order valence-electron chi connectivity index (χ2n) is 10.8. The van der Waals surface area contributed by atoms with Crippen molar-refractivity contribution in [3.8, 4) is 5.69 Å². The lowest BCUT2D eigenvalue weighted by Gasteiger charge is -2.22. The van der Waals surface area contributed by atoms with Crippen molar-refractivity contribution in [3.05, 3.63) is 88.5 Å². The topological polar surface area (TPSA) is 123 Å². The maximum absolute atomic E-state index is 13.7. The van der Waals surface area contributed by atoms with Crippen LogP contribution in [0.25, 0.3) is 5.69 Å². The third-order valence-corrected chi connectivity index (χ3v) is 9.52. The van der Waals surface area contributed by atoms with Gasteiger partial charge in [-0.15, -0.1) is 5.10 Å². The zero-order valence-electron chi connectivity index (χ0n) is 22.0. The molecule has 0 unspecified atom stereocenters. The lowest BCUT2D eigenvalue weighted by molar-refractivity contribution is 0.0695. The minimum Gasteiger partial charge on any atom is -0.478 e. The van der Waals surface area contributed by atoms with Gasteiger partial charge in [0, 0.05) is 38.2 Å². The van der Waals surface area contributed by atoms with E-state index in [0.717, 1.165) is 28.8 Å². The zero-order chi connectivity index (χ0) is 27.5. The molecule has 10 nitrogen and oxygen atoms in total. The number of aryl methyl sites for hydroxylation is 2. The number of aromatic nitrogens is 5. The fourth-order valence-corrected chi connectivity index (χ4v) is 7.49. The molecule has 0 bridgehead atoms. The first-order valence-electron chi connectivity index (χ1n) is 13.0. The molecular formula is C30H38N6O4S. The standard InChI is InChI=1S/C28H30N6O4S.2CH4/c1-17-7-8-26-20(9-17)10-18(2)14-33(39(26,37)38)15-19-5-4-6-21(11-19)34-27(24(13-29-34)28(35)36)23-12-22(23)25-16-32(3)31-30-25;;/h4-9,11,13,16,18,22-23H,10,12,14-15H2,1-3H3,(H,35,36);2*1H4/t18-,22+,23+;;/m0../s1. The highest BCUT2D eigenvalue weighted by Gasteiger charge is 2.46. The predicted molar refractivity (Wildman–Crippen MR) is 157 cm³/mol. The van der Waals surface area contributed by atoms with Gasteiger partial charge in [-0.2, -0.15) is 9.40 Å². The predicted octanol–water partition coefficient (Wildman–Crippen LogP) is 4.93. The summed E-state index contributed by atoms with van der Waals surface area (Å²) >= 11 is 0. The molecule has 0 radical (unpaired) electrons. The average molecular weight is 579 g/mol. The van der Waals surface area contributed by atoms with E-state index in [2.05, 4.69) is 22.3 Å². The average Bonchev–Trinajstić information content (AvgIpc) is 3.35. The molecule has 0 amide bonds. The minimum atomic E-state index is -3.68. The Labute approximate surface area is 241 Å². The number of rotatable bonds is 6. The molecule has 1 aliphatic carbocycles. The summed E-state index contributed by atoms with van der Waals surface area (Å²) in [6, 6.07) is 13.0. The Morgan fingerprint density at radius 1 is 1.12 bits per heavy atom. The molecule has 6 rings (SSSR count). The molecule has 0 saturated heterocycles. The summed E-state index contributed by atoms with van der Waals surface area (Å²) in [5.74, 6) is -0.848. The van der Waals surface area contributed by atoms with Gasteiger partial charge in [-0.3, -0.25) is 4.68 Å². The zero-order valence-corrected chi connectivity index (χ0v) is 22.8. The summed E-state index contributed by atoms with van der Waals surface area (Å²) in [7, 11) is -1.88. The van der Waals surface area contributed by atoms with Gasteiger partial charge in [0.1, 0.15) is 5.56 Å². The van der Waals surface area contributed by atoms with Gasteiger partial charge in [0.05, 0.1) is 28.2 Å². The molecule has 11 heteroatoms. The number of fused-ring (bicyclic) bond motifs is 1. The third kappa shape index (κ3) is 5.56. The van der Waals surface area contributed by atoms with Crippen LogP contribution in [-0.2, 0) is 30.0 Å². The van der Waals surface area contributed by atoms with E-state index >= 15 is 0 Å². The number of hydrogen-bond acceptors (Lipinski definition) is 6. The van der Waals surface area contributed by atoms with Crippen LogP contribution in [0, 0.1) is 12.8 Å².